The van der Waals surface area contributed by atoms with Crippen LogP contribution >= 0.6 is 11.6 Å². The van der Waals surface area contributed by atoms with Crippen molar-refractivity contribution >= 4 is 17.3 Å². The molecule has 0 amide bonds. The Morgan fingerprint density at radius 2 is 2.00 bits per heavy atom. The van der Waals surface area contributed by atoms with Crippen molar-refractivity contribution < 1.29 is 9.84 Å². The van der Waals surface area contributed by atoms with E-state index in [2.05, 4.69) is 5.32 Å². The van der Waals surface area contributed by atoms with Gasteiger partial charge in [0.2, 0.25) is 0 Å². The monoisotopic (exact) mass is 277 g/mol. The summed E-state index contributed by atoms with van der Waals surface area (Å²) in [5.41, 5.74) is 1.93. The quantitative estimate of drug-likeness (QED) is 0.810. The van der Waals surface area contributed by atoms with Crippen LogP contribution in [0.25, 0.3) is 0 Å². The normalized spacial score (nSPS) is 10.2. The van der Waals surface area contributed by atoms with E-state index in [1.807, 2.05) is 31.2 Å². The SMILES string of the molecule is CCOc1ccccc1CNc1ccc(O)c(Cl)c1. The second kappa shape index (κ2) is 6.34. The smallest absolute Gasteiger partial charge is 0.134 e. The van der Waals surface area contributed by atoms with Gasteiger partial charge in [0.05, 0.1) is 11.6 Å². The number of aromatic hydroxyl groups is 1. The van der Waals surface area contributed by atoms with Crippen molar-refractivity contribution in [2.75, 3.05) is 11.9 Å². The molecule has 2 aromatic carbocycles. The van der Waals surface area contributed by atoms with Crippen LogP contribution in [-0.4, -0.2) is 11.7 Å². The lowest BCUT2D eigenvalue weighted by Crippen LogP contribution is -2.03. The predicted molar refractivity (Wildman–Crippen MR) is 78.1 cm³/mol. The zero-order chi connectivity index (χ0) is 13.7. The number of hydrogen-bond donors (Lipinski definition) is 2. The molecule has 0 heterocycles. The highest BCUT2D eigenvalue weighted by atomic mass is 35.5. The van der Waals surface area contributed by atoms with E-state index in [9.17, 15) is 5.11 Å². The van der Waals surface area contributed by atoms with Gasteiger partial charge in [-0.05, 0) is 31.2 Å². The number of phenols is 1. The highest BCUT2D eigenvalue weighted by molar-refractivity contribution is 6.32. The van der Waals surface area contributed by atoms with E-state index >= 15 is 0 Å². The molecule has 0 atom stereocenters. The molecule has 0 radical (unpaired) electrons. The first-order valence-electron chi connectivity index (χ1n) is 6.13. The molecule has 0 spiro atoms. The van der Waals surface area contributed by atoms with Crippen molar-refractivity contribution in [2.24, 2.45) is 0 Å². The van der Waals surface area contributed by atoms with Crippen LogP contribution in [0.15, 0.2) is 42.5 Å². The molecule has 0 saturated heterocycles. The van der Waals surface area contributed by atoms with E-state index in [1.165, 1.54) is 0 Å². The molecular formula is C15H16ClNO2. The molecule has 4 heteroatoms. The fraction of sp³-hybridized carbons (Fsp3) is 0.200. The summed E-state index contributed by atoms with van der Waals surface area (Å²) in [5, 5.41) is 13.0. The molecule has 0 aliphatic carbocycles. The van der Waals surface area contributed by atoms with Crippen LogP contribution in [0.2, 0.25) is 5.02 Å². The first-order valence-corrected chi connectivity index (χ1v) is 6.51. The molecule has 0 fully saturated rings. The molecule has 2 rings (SSSR count). The van der Waals surface area contributed by atoms with Crippen LogP contribution in [0, 0.1) is 0 Å². The Hall–Kier alpha value is -1.87. The summed E-state index contributed by atoms with van der Waals surface area (Å²) >= 11 is 5.86. The summed E-state index contributed by atoms with van der Waals surface area (Å²) in [6, 6.07) is 12.9. The third kappa shape index (κ3) is 3.55. The molecule has 0 aliphatic rings. The van der Waals surface area contributed by atoms with Gasteiger partial charge in [0.25, 0.3) is 0 Å². The molecule has 19 heavy (non-hydrogen) atoms. The standard InChI is InChI=1S/C15H16ClNO2/c1-2-19-15-6-4-3-5-11(15)10-17-12-7-8-14(18)13(16)9-12/h3-9,17-18H,2,10H2,1H3. The van der Waals surface area contributed by atoms with Gasteiger partial charge < -0.3 is 15.2 Å². The molecule has 0 unspecified atom stereocenters. The summed E-state index contributed by atoms with van der Waals surface area (Å²) in [6.07, 6.45) is 0. The summed E-state index contributed by atoms with van der Waals surface area (Å²) in [7, 11) is 0. The van der Waals surface area contributed by atoms with Crippen LogP contribution in [0.1, 0.15) is 12.5 Å². The van der Waals surface area contributed by atoms with E-state index in [1.54, 1.807) is 18.2 Å². The van der Waals surface area contributed by atoms with Gasteiger partial charge in [-0.3, -0.25) is 0 Å². The van der Waals surface area contributed by atoms with Crippen LogP contribution in [0.5, 0.6) is 11.5 Å². The maximum absolute atomic E-state index is 9.36. The number of halogens is 1. The number of benzene rings is 2. The minimum atomic E-state index is 0.0851. The molecule has 2 N–H and O–H groups in total. The minimum absolute atomic E-state index is 0.0851. The Morgan fingerprint density at radius 1 is 1.21 bits per heavy atom. The number of nitrogens with one attached hydrogen (secondary N) is 1. The maximum Gasteiger partial charge on any atom is 0.134 e. The van der Waals surface area contributed by atoms with Crippen LogP contribution in [0.4, 0.5) is 5.69 Å². The average molecular weight is 278 g/mol. The van der Waals surface area contributed by atoms with E-state index in [-0.39, 0.29) is 5.75 Å². The molecule has 0 aliphatic heterocycles. The summed E-state index contributed by atoms with van der Waals surface area (Å²) in [6.45, 7) is 3.24. The van der Waals surface area contributed by atoms with Gasteiger partial charge in [-0.2, -0.15) is 0 Å². The maximum atomic E-state index is 9.36. The lowest BCUT2D eigenvalue weighted by molar-refractivity contribution is 0.337. The molecule has 100 valence electrons. The Balaban J connectivity index is 2.07. The highest BCUT2D eigenvalue weighted by Gasteiger charge is 2.03. The summed E-state index contributed by atoms with van der Waals surface area (Å²) in [4.78, 5) is 0. The average Bonchev–Trinajstić information content (AvgIpc) is 2.42. The van der Waals surface area contributed by atoms with Crippen molar-refractivity contribution in [3.05, 3.63) is 53.1 Å². The molecule has 0 bridgehead atoms. The van der Waals surface area contributed by atoms with Gasteiger partial charge in [0.15, 0.2) is 0 Å². The molecule has 2 aromatic rings. The van der Waals surface area contributed by atoms with Crippen LogP contribution < -0.4 is 10.1 Å². The Labute approximate surface area is 117 Å². The highest BCUT2D eigenvalue weighted by Crippen LogP contribution is 2.27. The van der Waals surface area contributed by atoms with Crippen molar-refractivity contribution in [2.45, 2.75) is 13.5 Å². The third-order valence-electron chi connectivity index (χ3n) is 2.70. The number of ether oxygens (including phenoxy) is 1. The van der Waals surface area contributed by atoms with Crippen molar-refractivity contribution in [1.82, 2.24) is 0 Å². The largest absolute Gasteiger partial charge is 0.506 e. The summed E-state index contributed by atoms with van der Waals surface area (Å²) < 4.78 is 5.56. The minimum Gasteiger partial charge on any atom is -0.506 e. The Bertz CT molecular complexity index is 558. The number of rotatable bonds is 5. The molecule has 0 aromatic heterocycles. The topological polar surface area (TPSA) is 41.5 Å². The lowest BCUT2D eigenvalue weighted by Gasteiger charge is -2.12. The van der Waals surface area contributed by atoms with Gasteiger partial charge in [0, 0.05) is 17.8 Å². The second-order valence-electron chi connectivity index (χ2n) is 4.06. The first-order chi connectivity index (χ1) is 9.20. The van der Waals surface area contributed by atoms with E-state index in [0.29, 0.717) is 18.2 Å². The third-order valence-corrected chi connectivity index (χ3v) is 3.01. The molecule has 0 saturated carbocycles. The summed E-state index contributed by atoms with van der Waals surface area (Å²) in [5.74, 6) is 0.962. The zero-order valence-electron chi connectivity index (χ0n) is 10.7. The van der Waals surface area contributed by atoms with Gasteiger partial charge in [-0.15, -0.1) is 0 Å². The van der Waals surface area contributed by atoms with Gasteiger partial charge in [-0.25, -0.2) is 0 Å². The van der Waals surface area contributed by atoms with E-state index < -0.39 is 0 Å². The number of phenolic OH excluding ortho intramolecular Hbond substituents is 1. The molecule has 3 nitrogen and oxygen atoms in total. The van der Waals surface area contributed by atoms with Crippen molar-refractivity contribution in [3.8, 4) is 11.5 Å². The number of anilines is 1. The number of para-hydroxylation sites is 1. The predicted octanol–water partition coefficient (Wildman–Crippen LogP) is 4.06. The fourth-order valence-electron chi connectivity index (χ4n) is 1.76. The van der Waals surface area contributed by atoms with Gasteiger partial charge in [0.1, 0.15) is 11.5 Å². The lowest BCUT2D eigenvalue weighted by atomic mass is 10.2. The Morgan fingerprint density at radius 3 is 2.74 bits per heavy atom. The van der Waals surface area contributed by atoms with Gasteiger partial charge in [-0.1, -0.05) is 29.8 Å². The zero-order valence-corrected chi connectivity index (χ0v) is 11.4. The van der Waals surface area contributed by atoms with E-state index in [0.717, 1.165) is 17.0 Å². The molecular weight excluding hydrogens is 262 g/mol. The van der Waals surface area contributed by atoms with E-state index in [4.69, 9.17) is 16.3 Å². The fourth-order valence-corrected chi connectivity index (χ4v) is 1.94. The van der Waals surface area contributed by atoms with Crippen LogP contribution in [0.3, 0.4) is 0 Å². The van der Waals surface area contributed by atoms with Crippen molar-refractivity contribution in [3.63, 3.8) is 0 Å². The number of hydrogen-bond acceptors (Lipinski definition) is 3. The van der Waals surface area contributed by atoms with Gasteiger partial charge >= 0.3 is 0 Å². The first kappa shape index (κ1) is 13.6. The Kier molecular flexibility index (Phi) is 4.53. The van der Waals surface area contributed by atoms with Crippen LogP contribution in [-0.2, 0) is 6.54 Å². The van der Waals surface area contributed by atoms with Crippen molar-refractivity contribution in [1.29, 1.82) is 0 Å². The second-order valence-corrected chi connectivity index (χ2v) is 4.47.